The maximum atomic E-state index is 9.14. The highest BCUT2D eigenvalue weighted by Gasteiger charge is 2.35. The van der Waals surface area contributed by atoms with E-state index in [9.17, 15) is 0 Å². The minimum atomic E-state index is -0.509. The van der Waals surface area contributed by atoms with Crippen molar-refractivity contribution in [2.24, 2.45) is 5.92 Å². The van der Waals surface area contributed by atoms with Gasteiger partial charge in [-0.2, -0.15) is 0 Å². The molecule has 0 aliphatic rings. The third kappa shape index (κ3) is 11.4. The van der Waals surface area contributed by atoms with E-state index in [0.717, 1.165) is 56.7 Å². The first-order chi connectivity index (χ1) is 11.1. The smallest absolute Gasteiger partial charge is 0.168 e. The summed E-state index contributed by atoms with van der Waals surface area (Å²) < 4.78 is 21.4. The summed E-state index contributed by atoms with van der Waals surface area (Å²) in [6.45, 7) is 10.1. The van der Waals surface area contributed by atoms with Gasteiger partial charge in [-0.05, 0) is 44.6 Å². The largest absolute Gasteiger partial charge is 0.350 e. The Morgan fingerprint density at radius 3 is 1.91 bits per heavy atom. The number of rotatable bonds is 17. The monoisotopic (exact) mass is 348 g/mol. The lowest BCUT2D eigenvalue weighted by Gasteiger charge is -2.37. The van der Waals surface area contributed by atoms with Gasteiger partial charge < -0.3 is 14.0 Å². The van der Waals surface area contributed by atoms with Crippen LogP contribution in [0.3, 0.4) is 0 Å². The van der Waals surface area contributed by atoms with Gasteiger partial charge in [0.1, 0.15) is 0 Å². The molecule has 0 spiro atoms. The second-order valence-corrected chi connectivity index (χ2v) is 7.25. The second-order valence-electron chi connectivity index (χ2n) is 6.59. The highest BCUT2D eigenvalue weighted by Crippen LogP contribution is 2.32. The van der Waals surface area contributed by atoms with E-state index in [1.54, 1.807) is 0 Å². The Labute approximate surface area is 149 Å². The number of hydrogen-bond donors (Lipinski definition) is 1. The average Bonchev–Trinajstić information content (AvgIpc) is 2.56. The third-order valence-electron chi connectivity index (χ3n) is 4.39. The van der Waals surface area contributed by atoms with Crippen molar-refractivity contribution in [2.75, 3.05) is 19.0 Å². The van der Waals surface area contributed by atoms with Crippen LogP contribution in [0.4, 0.5) is 0 Å². The molecule has 0 saturated heterocycles. The fraction of sp³-hybridized carbons (Fsp3) is 1.00. The number of unbranched alkanes of at least 4 members (excludes halogenated alkanes) is 5. The lowest BCUT2D eigenvalue weighted by molar-refractivity contribution is -0.257. The fourth-order valence-electron chi connectivity index (χ4n) is 2.92. The van der Waals surface area contributed by atoms with Crippen LogP contribution >= 0.6 is 12.0 Å². The Balaban J connectivity index is 4.50. The molecule has 0 aliphatic heterocycles. The van der Waals surface area contributed by atoms with Gasteiger partial charge in [0.05, 0.1) is 0 Å². The topological polar surface area (TPSA) is 38.7 Å². The Morgan fingerprint density at radius 1 is 0.826 bits per heavy atom. The minimum Gasteiger partial charge on any atom is -0.350 e. The molecule has 0 aromatic rings. The van der Waals surface area contributed by atoms with E-state index in [4.69, 9.17) is 14.0 Å². The van der Waals surface area contributed by atoms with Gasteiger partial charge in [0.25, 0.3) is 0 Å². The fourth-order valence-corrected chi connectivity index (χ4v) is 3.31. The first-order valence-corrected chi connectivity index (χ1v) is 10.6. The van der Waals surface area contributed by atoms with Gasteiger partial charge in [0.2, 0.25) is 0 Å². The maximum Gasteiger partial charge on any atom is 0.168 e. The van der Waals surface area contributed by atoms with Crippen molar-refractivity contribution >= 4 is 12.0 Å². The molecule has 0 rings (SSSR count). The Bertz CT molecular complexity index is 241. The van der Waals surface area contributed by atoms with Gasteiger partial charge in [-0.25, -0.2) is 0 Å². The van der Waals surface area contributed by atoms with Gasteiger partial charge >= 0.3 is 0 Å². The van der Waals surface area contributed by atoms with Crippen LogP contribution in [-0.4, -0.2) is 29.3 Å². The molecule has 0 radical (unpaired) electrons. The van der Waals surface area contributed by atoms with Crippen LogP contribution in [0.2, 0.25) is 0 Å². The molecule has 0 heterocycles. The van der Waals surface area contributed by atoms with Gasteiger partial charge in [0.15, 0.2) is 5.79 Å². The van der Waals surface area contributed by atoms with Crippen molar-refractivity contribution in [1.82, 2.24) is 0 Å². The summed E-state index contributed by atoms with van der Waals surface area (Å²) in [6, 6.07) is 0. The molecule has 0 aromatic heterocycles. The molecule has 0 aromatic carbocycles. The van der Waals surface area contributed by atoms with E-state index >= 15 is 0 Å². The molecule has 1 atom stereocenters. The predicted octanol–water partition coefficient (Wildman–Crippen LogP) is 6.52. The Morgan fingerprint density at radius 2 is 1.39 bits per heavy atom. The van der Waals surface area contributed by atoms with Crippen LogP contribution in [0.1, 0.15) is 91.9 Å². The van der Waals surface area contributed by atoms with Crippen molar-refractivity contribution in [3.63, 3.8) is 0 Å². The van der Waals surface area contributed by atoms with Gasteiger partial charge in [-0.15, -0.1) is 0 Å². The Hall–Kier alpha value is 0.230. The molecule has 0 fully saturated rings. The highest BCUT2D eigenvalue weighted by atomic mass is 32.2. The maximum absolute atomic E-state index is 9.14. The SMILES string of the molecule is CCCCCCCCC(CCSO)C(C)(OCCC)OCCC. The summed E-state index contributed by atoms with van der Waals surface area (Å²) in [4.78, 5) is 0. The standard InChI is InChI=1S/C19H40O3S/c1-5-8-9-10-11-12-13-18(14-17-23-20)19(4,21-15-6-2)22-16-7-3/h18,20H,5-17H2,1-4H3. The molecule has 0 amide bonds. The first-order valence-electron chi connectivity index (χ1n) is 9.68. The zero-order valence-corrected chi connectivity index (χ0v) is 16.8. The van der Waals surface area contributed by atoms with Crippen LogP contribution < -0.4 is 0 Å². The van der Waals surface area contributed by atoms with E-state index in [-0.39, 0.29) is 0 Å². The molecule has 4 heteroatoms. The quantitative estimate of drug-likeness (QED) is 0.184. The van der Waals surface area contributed by atoms with Crippen molar-refractivity contribution < 1.29 is 14.0 Å². The van der Waals surface area contributed by atoms with Crippen molar-refractivity contribution in [1.29, 1.82) is 0 Å². The molecule has 0 aliphatic carbocycles. The molecule has 1 unspecified atom stereocenters. The molecule has 3 nitrogen and oxygen atoms in total. The van der Waals surface area contributed by atoms with Crippen molar-refractivity contribution in [3.05, 3.63) is 0 Å². The molecule has 0 bridgehead atoms. The molecule has 23 heavy (non-hydrogen) atoms. The molecule has 1 N–H and O–H groups in total. The summed E-state index contributed by atoms with van der Waals surface area (Å²) in [6.07, 6.45) is 11.9. The summed E-state index contributed by atoms with van der Waals surface area (Å²) in [5.74, 6) is 0.595. The van der Waals surface area contributed by atoms with Gasteiger partial charge in [-0.1, -0.05) is 59.3 Å². The zero-order chi connectivity index (χ0) is 17.4. The van der Waals surface area contributed by atoms with E-state index in [1.165, 1.54) is 38.5 Å². The van der Waals surface area contributed by atoms with Gasteiger partial charge in [-0.3, -0.25) is 0 Å². The summed E-state index contributed by atoms with van der Waals surface area (Å²) >= 11 is 0.933. The number of hydrogen-bond acceptors (Lipinski definition) is 4. The van der Waals surface area contributed by atoms with Crippen LogP contribution in [-0.2, 0) is 9.47 Å². The lowest BCUT2D eigenvalue weighted by Crippen LogP contribution is -2.41. The van der Waals surface area contributed by atoms with E-state index in [1.807, 2.05) is 0 Å². The molecular formula is C19H40O3S. The van der Waals surface area contributed by atoms with E-state index in [0.29, 0.717) is 5.92 Å². The van der Waals surface area contributed by atoms with Crippen LogP contribution in [0.5, 0.6) is 0 Å². The molecular weight excluding hydrogens is 308 g/mol. The average molecular weight is 349 g/mol. The van der Waals surface area contributed by atoms with Gasteiger partial charge in [0, 0.05) is 24.9 Å². The first kappa shape index (κ1) is 23.2. The van der Waals surface area contributed by atoms with E-state index < -0.39 is 5.79 Å². The zero-order valence-electron chi connectivity index (χ0n) is 15.9. The number of ether oxygens (including phenoxy) is 2. The summed E-state index contributed by atoms with van der Waals surface area (Å²) in [7, 11) is 0. The third-order valence-corrected chi connectivity index (χ3v) is 4.81. The van der Waals surface area contributed by atoms with Crippen LogP contribution in [0.15, 0.2) is 0 Å². The van der Waals surface area contributed by atoms with E-state index in [2.05, 4.69) is 27.7 Å². The summed E-state index contributed by atoms with van der Waals surface area (Å²) in [5.41, 5.74) is 0. The van der Waals surface area contributed by atoms with Crippen LogP contribution in [0.25, 0.3) is 0 Å². The summed E-state index contributed by atoms with van der Waals surface area (Å²) in [5, 5.41) is 0. The highest BCUT2D eigenvalue weighted by molar-refractivity contribution is 7.93. The molecule has 0 saturated carbocycles. The molecule has 140 valence electrons. The minimum absolute atomic E-state index is 0.353. The lowest BCUT2D eigenvalue weighted by atomic mass is 9.90. The normalized spacial score (nSPS) is 13.4. The second kappa shape index (κ2) is 15.7. The van der Waals surface area contributed by atoms with Crippen molar-refractivity contribution in [2.45, 2.75) is 97.7 Å². The Kier molecular flexibility index (Phi) is 15.9. The van der Waals surface area contributed by atoms with Crippen molar-refractivity contribution in [3.8, 4) is 0 Å². The van der Waals surface area contributed by atoms with Crippen LogP contribution in [0, 0.1) is 5.92 Å². The predicted molar refractivity (Wildman–Crippen MR) is 102 cm³/mol.